The van der Waals surface area contributed by atoms with Crippen molar-refractivity contribution < 1.29 is 13.6 Å². The van der Waals surface area contributed by atoms with E-state index in [9.17, 15) is 9.18 Å². The van der Waals surface area contributed by atoms with E-state index in [1.807, 2.05) is 7.05 Å². The third-order valence-corrected chi connectivity index (χ3v) is 2.86. The first kappa shape index (κ1) is 17.2. The molecule has 4 nitrogen and oxygen atoms in total. The van der Waals surface area contributed by atoms with E-state index in [-0.39, 0.29) is 29.9 Å². The fourth-order valence-corrected chi connectivity index (χ4v) is 1.82. The maximum atomic E-state index is 13.6. The van der Waals surface area contributed by atoms with Crippen LogP contribution in [-0.2, 0) is 0 Å². The van der Waals surface area contributed by atoms with Crippen LogP contribution in [0.2, 0.25) is 0 Å². The first-order chi connectivity index (χ1) is 9.72. The molecule has 1 heterocycles. The van der Waals surface area contributed by atoms with Gasteiger partial charge in [-0.2, -0.15) is 0 Å². The van der Waals surface area contributed by atoms with Crippen molar-refractivity contribution in [3.63, 3.8) is 0 Å². The van der Waals surface area contributed by atoms with Gasteiger partial charge in [0.05, 0.1) is 5.56 Å². The van der Waals surface area contributed by atoms with Crippen molar-refractivity contribution in [3.8, 4) is 11.3 Å². The van der Waals surface area contributed by atoms with Crippen molar-refractivity contribution in [1.29, 1.82) is 0 Å². The quantitative estimate of drug-likeness (QED) is 0.806. The Labute approximate surface area is 129 Å². The standard InChI is InChI=1S/C15H17FN2O2.ClH/c1-17-9-4-10-18-15(19)14-8-7-13(20-14)11-5-2-3-6-12(11)16;/h2-3,5-8,17H,4,9-10H2,1H3,(H,18,19);1H. The molecule has 0 radical (unpaired) electrons. The summed E-state index contributed by atoms with van der Waals surface area (Å²) in [5.74, 6) is -0.122. The van der Waals surface area contributed by atoms with Crippen LogP contribution >= 0.6 is 12.4 Å². The van der Waals surface area contributed by atoms with E-state index in [1.165, 1.54) is 6.07 Å². The van der Waals surface area contributed by atoms with Crippen LogP contribution in [0.3, 0.4) is 0 Å². The summed E-state index contributed by atoms with van der Waals surface area (Å²) < 4.78 is 19.0. The Bertz CT molecular complexity index is 587. The van der Waals surface area contributed by atoms with Gasteiger partial charge in [0.1, 0.15) is 11.6 Å². The monoisotopic (exact) mass is 312 g/mol. The van der Waals surface area contributed by atoms with Gasteiger partial charge in [-0.05, 0) is 44.3 Å². The van der Waals surface area contributed by atoms with Gasteiger partial charge in [0.25, 0.3) is 5.91 Å². The van der Waals surface area contributed by atoms with Gasteiger partial charge in [-0.1, -0.05) is 12.1 Å². The summed E-state index contributed by atoms with van der Waals surface area (Å²) in [6, 6.07) is 9.45. The summed E-state index contributed by atoms with van der Waals surface area (Å²) in [5, 5.41) is 5.74. The van der Waals surface area contributed by atoms with Crippen molar-refractivity contribution in [2.45, 2.75) is 6.42 Å². The van der Waals surface area contributed by atoms with Gasteiger partial charge in [0.15, 0.2) is 5.76 Å². The molecule has 114 valence electrons. The highest BCUT2D eigenvalue weighted by molar-refractivity contribution is 5.92. The molecule has 0 aliphatic heterocycles. The summed E-state index contributed by atoms with van der Waals surface area (Å²) in [5.41, 5.74) is 0.349. The first-order valence-corrected chi connectivity index (χ1v) is 6.50. The molecule has 0 bridgehead atoms. The number of furan rings is 1. The average Bonchev–Trinajstić information content (AvgIpc) is 2.93. The molecule has 1 amide bonds. The zero-order chi connectivity index (χ0) is 14.4. The van der Waals surface area contributed by atoms with Gasteiger partial charge in [-0.25, -0.2) is 4.39 Å². The number of hydrogen-bond donors (Lipinski definition) is 2. The molecule has 21 heavy (non-hydrogen) atoms. The normalized spacial score (nSPS) is 10.0. The summed E-state index contributed by atoms with van der Waals surface area (Å²) in [6.07, 6.45) is 0.836. The third-order valence-electron chi connectivity index (χ3n) is 2.86. The Balaban J connectivity index is 0.00000220. The summed E-state index contributed by atoms with van der Waals surface area (Å²) in [7, 11) is 1.86. The van der Waals surface area contributed by atoms with E-state index < -0.39 is 0 Å². The molecular weight excluding hydrogens is 295 g/mol. The summed E-state index contributed by atoms with van der Waals surface area (Å²) >= 11 is 0. The minimum absolute atomic E-state index is 0. The predicted molar refractivity (Wildman–Crippen MR) is 82.2 cm³/mol. The van der Waals surface area contributed by atoms with Crippen LogP contribution in [0, 0.1) is 5.82 Å². The SMILES string of the molecule is CNCCCNC(=O)c1ccc(-c2ccccc2F)o1.Cl. The van der Waals surface area contributed by atoms with Crippen molar-refractivity contribution >= 4 is 18.3 Å². The summed E-state index contributed by atoms with van der Waals surface area (Å²) in [6.45, 7) is 1.40. The lowest BCUT2D eigenvalue weighted by atomic mass is 10.1. The van der Waals surface area contributed by atoms with Crippen molar-refractivity contribution in [1.82, 2.24) is 10.6 Å². The molecule has 0 saturated carbocycles. The molecule has 1 aromatic carbocycles. The Morgan fingerprint density at radius 1 is 1.19 bits per heavy atom. The van der Waals surface area contributed by atoms with Crippen LogP contribution in [0.4, 0.5) is 4.39 Å². The molecule has 0 fully saturated rings. The molecule has 0 aliphatic rings. The number of nitrogens with one attached hydrogen (secondary N) is 2. The molecule has 0 saturated heterocycles. The average molecular weight is 313 g/mol. The largest absolute Gasteiger partial charge is 0.451 e. The van der Waals surface area contributed by atoms with E-state index in [1.54, 1.807) is 30.3 Å². The third kappa shape index (κ3) is 4.58. The fraction of sp³-hybridized carbons (Fsp3) is 0.267. The second-order valence-corrected chi connectivity index (χ2v) is 4.36. The topological polar surface area (TPSA) is 54.3 Å². The van der Waals surface area contributed by atoms with Gasteiger partial charge < -0.3 is 15.1 Å². The van der Waals surface area contributed by atoms with E-state index >= 15 is 0 Å². The Hall–Kier alpha value is -1.85. The van der Waals surface area contributed by atoms with Crippen molar-refractivity contribution in [3.05, 3.63) is 48.0 Å². The lowest BCUT2D eigenvalue weighted by Crippen LogP contribution is -2.26. The molecule has 1 aromatic heterocycles. The van der Waals surface area contributed by atoms with Gasteiger partial charge in [0.2, 0.25) is 0 Å². The molecule has 6 heteroatoms. The smallest absolute Gasteiger partial charge is 0.287 e. The second-order valence-electron chi connectivity index (χ2n) is 4.36. The highest BCUT2D eigenvalue weighted by atomic mass is 35.5. The highest BCUT2D eigenvalue weighted by Crippen LogP contribution is 2.24. The number of benzene rings is 1. The molecule has 0 atom stereocenters. The van der Waals surface area contributed by atoms with E-state index in [4.69, 9.17) is 4.42 Å². The zero-order valence-corrected chi connectivity index (χ0v) is 12.5. The maximum absolute atomic E-state index is 13.6. The summed E-state index contributed by atoms with van der Waals surface area (Å²) in [4.78, 5) is 11.8. The van der Waals surface area contributed by atoms with Gasteiger partial charge in [-0.3, -0.25) is 4.79 Å². The van der Waals surface area contributed by atoms with Crippen LogP contribution in [0.5, 0.6) is 0 Å². The number of amides is 1. The van der Waals surface area contributed by atoms with Crippen LogP contribution in [0.15, 0.2) is 40.8 Å². The minimum Gasteiger partial charge on any atom is -0.451 e. The molecule has 2 rings (SSSR count). The Morgan fingerprint density at radius 3 is 2.67 bits per heavy atom. The number of carbonyl (C=O) groups is 1. The predicted octanol–water partition coefficient (Wildman–Crippen LogP) is 2.85. The second kappa shape index (κ2) is 8.44. The fourth-order valence-electron chi connectivity index (χ4n) is 1.82. The Kier molecular flexibility index (Phi) is 6.91. The number of halogens is 2. The first-order valence-electron chi connectivity index (χ1n) is 6.50. The zero-order valence-electron chi connectivity index (χ0n) is 11.7. The van der Waals surface area contributed by atoms with Crippen LogP contribution in [0.1, 0.15) is 17.0 Å². The molecule has 0 unspecified atom stereocenters. The number of carbonyl (C=O) groups excluding carboxylic acids is 1. The lowest BCUT2D eigenvalue weighted by Gasteiger charge is -2.02. The number of hydrogen-bond acceptors (Lipinski definition) is 3. The maximum Gasteiger partial charge on any atom is 0.287 e. The van der Waals surface area contributed by atoms with Gasteiger partial charge in [0, 0.05) is 6.54 Å². The number of rotatable bonds is 6. The van der Waals surface area contributed by atoms with E-state index in [0.29, 0.717) is 17.9 Å². The van der Waals surface area contributed by atoms with Gasteiger partial charge >= 0.3 is 0 Å². The van der Waals surface area contributed by atoms with Gasteiger partial charge in [-0.15, -0.1) is 12.4 Å². The van der Waals surface area contributed by atoms with Crippen molar-refractivity contribution in [2.75, 3.05) is 20.1 Å². The molecule has 2 aromatic rings. The molecule has 0 spiro atoms. The highest BCUT2D eigenvalue weighted by Gasteiger charge is 2.13. The molecule has 0 aliphatic carbocycles. The van der Waals surface area contributed by atoms with Crippen molar-refractivity contribution in [2.24, 2.45) is 0 Å². The molecule has 2 N–H and O–H groups in total. The van der Waals surface area contributed by atoms with Crippen LogP contribution < -0.4 is 10.6 Å². The van der Waals surface area contributed by atoms with Crippen LogP contribution in [-0.4, -0.2) is 26.0 Å². The molecular formula is C15H18ClFN2O2. The Morgan fingerprint density at radius 2 is 1.95 bits per heavy atom. The lowest BCUT2D eigenvalue weighted by molar-refractivity contribution is 0.0926. The van der Waals surface area contributed by atoms with Crippen LogP contribution in [0.25, 0.3) is 11.3 Å². The minimum atomic E-state index is -0.372. The van der Waals surface area contributed by atoms with E-state index in [0.717, 1.165) is 13.0 Å². The van der Waals surface area contributed by atoms with E-state index in [2.05, 4.69) is 10.6 Å².